The molecule has 0 fully saturated rings. The van der Waals surface area contributed by atoms with Crippen molar-refractivity contribution in [3.05, 3.63) is 56.8 Å². The van der Waals surface area contributed by atoms with Crippen LogP contribution in [0.25, 0.3) is 0 Å². The number of hydrogen-bond donors (Lipinski definition) is 1. The van der Waals surface area contributed by atoms with E-state index in [1.807, 2.05) is 6.92 Å². The molecule has 2 aromatic rings. The van der Waals surface area contributed by atoms with Gasteiger partial charge in [-0.3, -0.25) is 0 Å². The highest BCUT2D eigenvalue weighted by molar-refractivity contribution is 7.12. The molecule has 0 bridgehead atoms. The molecule has 1 nitrogen and oxygen atoms in total. The van der Waals surface area contributed by atoms with Crippen molar-refractivity contribution in [3.63, 3.8) is 0 Å². The van der Waals surface area contributed by atoms with E-state index in [0.717, 1.165) is 6.07 Å². The molecular formula is C15H17F2NS. The average Bonchev–Trinajstić information content (AvgIpc) is 2.64. The maximum absolute atomic E-state index is 13.1. The second kappa shape index (κ2) is 5.80. The maximum atomic E-state index is 13.1. The Bertz CT molecular complexity index is 538. The van der Waals surface area contributed by atoms with Gasteiger partial charge in [-0.15, -0.1) is 11.3 Å². The van der Waals surface area contributed by atoms with Crippen LogP contribution < -0.4 is 5.32 Å². The molecule has 1 N–H and O–H groups in total. The maximum Gasteiger partial charge on any atom is 0.126 e. The van der Waals surface area contributed by atoms with Crippen molar-refractivity contribution in [3.8, 4) is 0 Å². The van der Waals surface area contributed by atoms with E-state index in [2.05, 4.69) is 25.2 Å². The van der Waals surface area contributed by atoms with E-state index in [1.165, 1.54) is 27.5 Å². The molecule has 1 heterocycles. The zero-order chi connectivity index (χ0) is 14.0. The molecule has 0 aliphatic heterocycles. The normalized spacial score (nSPS) is 12.7. The Kier molecular flexibility index (Phi) is 4.32. The van der Waals surface area contributed by atoms with Crippen LogP contribution in [0.4, 0.5) is 8.78 Å². The first kappa shape index (κ1) is 14.2. The van der Waals surface area contributed by atoms with Crippen LogP contribution in [0.3, 0.4) is 0 Å². The molecular weight excluding hydrogens is 264 g/mol. The molecule has 19 heavy (non-hydrogen) atoms. The lowest BCUT2D eigenvalue weighted by Crippen LogP contribution is -2.17. The topological polar surface area (TPSA) is 12.0 Å². The predicted molar refractivity (Wildman–Crippen MR) is 75.4 cm³/mol. The molecule has 0 saturated heterocycles. The van der Waals surface area contributed by atoms with Crippen molar-refractivity contribution in [1.82, 2.24) is 5.32 Å². The van der Waals surface area contributed by atoms with Gasteiger partial charge in [-0.1, -0.05) is 0 Å². The van der Waals surface area contributed by atoms with E-state index in [1.54, 1.807) is 11.3 Å². The van der Waals surface area contributed by atoms with Gasteiger partial charge in [0.05, 0.1) is 0 Å². The number of nitrogens with one attached hydrogen (secondary N) is 1. The number of benzene rings is 1. The number of aryl methyl sites for hydroxylation is 2. The van der Waals surface area contributed by atoms with Gasteiger partial charge in [-0.2, -0.15) is 0 Å². The van der Waals surface area contributed by atoms with E-state index < -0.39 is 11.6 Å². The summed E-state index contributed by atoms with van der Waals surface area (Å²) in [6.45, 7) is 6.79. The Hall–Kier alpha value is -1.26. The van der Waals surface area contributed by atoms with Gasteiger partial charge in [0, 0.05) is 28.4 Å². The molecule has 1 atom stereocenters. The van der Waals surface area contributed by atoms with Gasteiger partial charge in [-0.05, 0) is 50.1 Å². The summed E-state index contributed by atoms with van der Waals surface area (Å²) >= 11 is 1.75. The third-order valence-electron chi connectivity index (χ3n) is 3.18. The van der Waals surface area contributed by atoms with Crippen LogP contribution in [-0.2, 0) is 6.54 Å². The first-order valence-electron chi connectivity index (χ1n) is 6.21. The number of hydrogen-bond acceptors (Lipinski definition) is 2. The second-order valence-corrected chi connectivity index (χ2v) is 6.10. The van der Waals surface area contributed by atoms with Crippen molar-refractivity contribution in [1.29, 1.82) is 0 Å². The van der Waals surface area contributed by atoms with Crippen LogP contribution in [-0.4, -0.2) is 0 Å². The van der Waals surface area contributed by atoms with E-state index in [4.69, 9.17) is 0 Å². The molecule has 1 aromatic carbocycles. The molecule has 0 amide bonds. The summed E-state index contributed by atoms with van der Waals surface area (Å²) in [5, 5.41) is 3.29. The lowest BCUT2D eigenvalue weighted by Gasteiger charge is -2.13. The summed E-state index contributed by atoms with van der Waals surface area (Å²) in [4.78, 5) is 2.54. The number of rotatable bonds is 4. The van der Waals surface area contributed by atoms with Crippen molar-refractivity contribution in [2.45, 2.75) is 33.4 Å². The molecule has 1 unspecified atom stereocenters. The summed E-state index contributed by atoms with van der Waals surface area (Å²) < 4.78 is 26.3. The Labute approximate surface area is 116 Å². The SMILES string of the molecule is Cc1cc(CNC(C)c2cc(F)cc(F)c2)sc1C. The van der Waals surface area contributed by atoms with Gasteiger partial charge in [-0.25, -0.2) is 8.78 Å². The minimum absolute atomic E-state index is 0.0899. The largest absolute Gasteiger partial charge is 0.305 e. The number of halogens is 2. The fraction of sp³-hybridized carbons (Fsp3) is 0.333. The lowest BCUT2D eigenvalue weighted by molar-refractivity contribution is 0.547. The fourth-order valence-corrected chi connectivity index (χ4v) is 2.94. The first-order valence-corrected chi connectivity index (χ1v) is 7.02. The van der Waals surface area contributed by atoms with E-state index in [9.17, 15) is 8.78 Å². The summed E-state index contributed by atoms with van der Waals surface area (Å²) in [5.41, 5.74) is 1.91. The third-order valence-corrected chi connectivity index (χ3v) is 4.34. The van der Waals surface area contributed by atoms with Gasteiger partial charge < -0.3 is 5.32 Å². The molecule has 0 spiro atoms. The number of thiophene rings is 1. The third kappa shape index (κ3) is 3.61. The molecule has 0 aliphatic carbocycles. The first-order chi connectivity index (χ1) is 8.95. The standard InChI is InChI=1S/C15H17F2NS/c1-9-4-15(19-11(9)3)8-18-10(2)12-5-13(16)7-14(17)6-12/h4-7,10,18H,8H2,1-3H3. The van der Waals surface area contributed by atoms with E-state index in [-0.39, 0.29) is 6.04 Å². The molecule has 0 radical (unpaired) electrons. The van der Waals surface area contributed by atoms with Crippen molar-refractivity contribution >= 4 is 11.3 Å². The molecule has 0 saturated carbocycles. The zero-order valence-corrected chi connectivity index (χ0v) is 12.1. The minimum Gasteiger partial charge on any atom is -0.305 e. The van der Waals surface area contributed by atoms with Crippen molar-refractivity contribution in [2.75, 3.05) is 0 Å². The highest BCUT2D eigenvalue weighted by atomic mass is 32.1. The summed E-state index contributed by atoms with van der Waals surface area (Å²) in [6.07, 6.45) is 0. The molecule has 1 aromatic heterocycles. The van der Waals surface area contributed by atoms with Crippen molar-refractivity contribution < 1.29 is 8.78 Å². The second-order valence-electron chi connectivity index (χ2n) is 4.76. The van der Waals surface area contributed by atoms with Gasteiger partial charge >= 0.3 is 0 Å². The average molecular weight is 281 g/mol. The monoisotopic (exact) mass is 281 g/mol. The minimum atomic E-state index is -0.536. The van der Waals surface area contributed by atoms with E-state index >= 15 is 0 Å². The summed E-state index contributed by atoms with van der Waals surface area (Å²) in [5.74, 6) is -1.07. The Morgan fingerprint density at radius 3 is 2.26 bits per heavy atom. The van der Waals surface area contributed by atoms with Crippen LogP contribution in [0.5, 0.6) is 0 Å². The van der Waals surface area contributed by atoms with Crippen LogP contribution in [0.1, 0.15) is 33.8 Å². The Morgan fingerprint density at radius 1 is 1.11 bits per heavy atom. The summed E-state index contributed by atoms with van der Waals surface area (Å²) in [7, 11) is 0. The van der Waals surface area contributed by atoms with Crippen LogP contribution in [0.15, 0.2) is 24.3 Å². The van der Waals surface area contributed by atoms with Gasteiger partial charge in [0.15, 0.2) is 0 Å². The lowest BCUT2D eigenvalue weighted by atomic mass is 10.1. The quantitative estimate of drug-likeness (QED) is 0.870. The van der Waals surface area contributed by atoms with E-state index in [0.29, 0.717) is 12.1 Å². The molecule has 102 valence electrons. The highest BCUT2D eigenvalue weighted by Crippen LogP contribution is 2.22. The molecule has 0 aliphatic rings. The van der Waals surface area contributed by atoms with Gasteiger partial charge in [0.25, 0.3) is 0 Å². The molecule has 4 heteroatoms. The highest BCUT2D eigenvalue weighted by Gasteiger charge is 2.09. The molecule has 2 rings (SSSR count). The predicted octanol–water partition coefficient (Wildman–Crippen LogP) is 4.49. The van der Waals surface area contributed by atoms with Crippen LogP contribution in [0, 0.1) is 25.5 Å². The fourth-order valence-electron chi connectivity index (χ4n) is 1.93. The van der Waals surface area contributed by atoms with Gasteiger partial charge in [0.1, 0.15) is 11.6 Å². The van der Waals surface area contributed by atoms with Crippen LogP contribution >= 0.6 is 11.3 Å². The Balaban J connectivity index is 2.02. The van der Waals surface area contributed by atoms with Gasteiger partial charge in [0.2, 0.25) is 0 Å². The van der Waals surface area contributed by atoms with Crippen molar-refractivity contribution in [2.24, 2.45) is 0 Å². The smallest absolute Gasteiger partial charge is 0.126 e. The zero-order valence-electron chi connectivity index (χ0n) is 11.3. The summed E-state index contributed by atoms with van der Waals surface area (Å²) in [6, 6.07) is 5.68. The Morgan fingerprint density at radius 2 is 1.74 bits per heavy atom. The van der Waals surface area contributed by atoms with Crippen LogP contribution in [0.2, 0.25) is 0 Å².